The number of nitrogens with zero attached hydrogens (tertiary/aromatic N) is 1. The number of rotatable bonds is 6. The molecule has 142 valence electrons. The molecule has 0 bridgehead atoms. The van der Waals surface area contributed by atoms with Gasteiger partial charge in [-0.3, -0.25) is 0 Å². The molecule has 4 rings (SSSR count). The highest BCUT2D eigenvalue weighted by molar-refractivity contribution is 7.16. The van der Waals surface area contributed by atoms with Crippen molar-refractivity contribution in [3.8, 4) is 10.8 Å². The second kappa shape index (κ2) is 7.58. The first-order valence-corrected chi connectivity index (χ1v) is 9.76. The number of carbonyl (C=O) groups is 1. The number of nitrogens with one attached hydrogen (secondary N) is 1. The SMILES string of the molecule is COc1ccc(NCc2cn(-c3ccc(C(=O)O)s3)c3ccccc23)cc1Cl. The Kier molecular flexibility index (Phi) is 4.98. The fraction of sp³-hybridized carbons (Fsp3) is 0.0952. The lowest BCUT2D eigenvalue weighted by molar-refractivity contribution is 0.0702. The van der Waals surface area contributed by atoms with Crippen LogP contribution in [0.15, 0.2) is 60.8 Å². The van der Waals surface area contributed by atoms with Gasteiger partial charge in [0.1, 0.15) is 15.6 Å². The molecule has 0 atom stereocenters. The zero-order chi connectivity index (χ0) is 19.7. The molecule has 2 N–H and O–H groups in total. The highest BCUT2D eigenvalue weighted by Gasteiger charge is 2.13. The van der Waals surface area contributed by atoms with Crippen LogP contribution in [0.1, 0.15) is 15.2 Å². The molecular formula is C21H17ClN2O3S. The Hall–Kier alpha value is -2.96. The van der Waals surface area contributed by atoms with Crippen molar-refractivity contribution in [3.63, 3.8) is 0 Å². The fourth-order valence-corrected chi connectivity index (χ4v) is 4.21. The molecule has 28 heavy (non-hydrogen) atoms. The van der Waals surface area contributed by atoms with Gasteiger partial charge in [0.25, 0.3) is 0 Å². The maximum absolute atomic E-state index is 11.2. The van der Waals surface area contributed by atoms with Crippen molar-refractivity contribution in [3.05, 3.63) is 76.3 Å². The number of aromatic nitrogens is 1. The Bertz CT molecular complexity index is 1170. The third-order valence-electron chi connectivity index (χ3n) is 4.47. The number of hydrogen-bond acceptors (Lipinski definition) is 4. The Labute approximate surface area is 170 Å². The smallest absolute Gasteiger partial charge is 0.345 e. The zero-order valence-electron chi connectivity index (χ0n) is 15.0. The van der Waals surface area contributed by atoms with E-state index in [4.69, 9.17) is 16.3 Å². The fourth-order valence-electron chi connectivity index (χ4n) is 3.12. The van der Waals surface area contributed by atoms with Crippen molar-refractivity contribution >= 4 is 45.5 Å². The molecule has 0 amide bonds. The average Bonchev–Trinajstić information content (AvgIpc) is 3.32. The molecule has 0 spiro atoms. The number of hydrogen-bond donors (Lipinski definition) is 2. The Morgan fingerprint density at radius 2 is 2.04 bits per heavy atom. The van der Waals surface area contributed by atoms with Gasteiger partial charge in [-0.05, 0) is 42.0 Å². The first-order valence-electron chi connectivity index (χ1n) is 8.56. The molecule has 0 fully saturated rings. The van der Waals surface area contributed by atoms with E-state index in [1.54, 1.807) is 13.2 Å². The van der Waals surface area contributed by atoms with E-state index >= 15 is 0 Å². The van der Waals surface area contributed by atoms with E-state index in [1.807, 2.05) is 53.2 Å². The van der Waals surface area contributed by atoms with E-state index in [0.717, 1.165) is 27.2 Å². The third kappa shape index (κ3) is 3.44. The lowest BCUT2D eigenvalue weighted by Crippen LogP contribution is -1.99. The number of aromatic carboxylic acids is 1. The van der Waals surface area contributed by atoms with Crippen LogP contribution in [0.25, 0.3) is 15.9 Å². The van der Waals surface area contributed by atoms with Crippen LogP contribution in [0.2, 0.25) is 5.02 Å². The van der Waals surface area contributed by atoms with Crippen LogP contribution in [0.5, 0.6) is 5.75 Å². The lowest BCUT2D eigenvalue weighted by Gasteiger charge is -2.08. The van der Waals surface area contributed by atoms with Gasteiger partial charge >= 0.3 is 5.97 Å². The maximum atomic E-state index is 11.2. The summed E-state index contributed by atoms with van der Waals surface area (Å²) >= 11 is 7.46. The maximum Gasteiger partial charge on any atom is 0.345 e. The molecule has 0 radical (unpaired) electrons. The van der Waals surface area contributed by atoms with E-state index in [-0.39, 0.29) is 0 Å². The summed E-state index contributed by atoms with van der Waals surface area (Å²) in [5, 5.41) is 15.1. The number of anilines is 1. The second-order valence-corrected chi connectivity index (χ2v) is 7.66. The molecule has 0 aliphatic heterocycles. The standard InChI is InChI=1S/C21H17ClN2O3S/c1-27-18-7-6-14(10-16(18)22)23-11-13-12-24(17-5-3-2-4-15(13)17)20-9-8-19(28-20)21(25)26/h2-10,12,23H,11H2,1H3,(H,25,26). The molecule has 0 aliphatic rings. The monoisotopic (exact) mass is 412 g/mol. The number of para-hydroxylation sites is 1. The molecule has 2 aromatic heterocycles. The summed E-state index contributed by atoms with van der Waals surface area (Å²) in [6.45, 7) is 0.604. The highest BCUT2D eigenvalue weighted by atomic mass is 35.5. The van der Waals surface area contributed by atoms with Crippen molar-refractivity contribution in [2.24, 2.45) is 0 Å². The van der Waals surface area contributed by atoms with Crippen LogP contribution in [0, 0.1) is 0 Å². The van der Waals surface area contributed by atoms with E-state index in [2.05, 4.69) is 11.4 Å². The van der Waals surface area contributed by atoms with Crippen LogP contribution >= 0.6 is 22.9 Å². The molecule has 7 heteroatoms. The quantitative estimate of drug-likeness (QED) is 0.428. The largest absolute Gasteiger partial charge is 0.495 e. The van der Waals surface area contributed by atoms with Crippen LogP contribution in [-0.2, 0) is 6.54 Å². The third-order valence-corrected chi connectivity index (χ3v) is 5.84. The van der Waals surface area contributed by atoms with Gasteiger partial charge in [-0.25, -0.2) is 4.79 Å². The minimum atomic E-state index is -0.911. The number of methoxy groups -OCH3 is 1. The van der Waals surface area contributed by atoms with E-state index in [0.29, 0.717) is 22.2 Å². The number of fused-ring (bicyclic) bond motifs is 1. The summed E-state index contributed by atoms with van der Waals surface area (Å²) in [7, 11) is 1.59. The number of thiophene rings is 1. The van der Waals surface area contributed by atoms with E-state index in [1.165, 1.54) is 11.3 Å². The van der Waals surface area contributed by atoms with E-state index in [9.17, 15) is 9.90 Å². The number of ether oxygens (including phenoxy) is 1. The van der Waals surface area contributed by atoms with Gasteiger partial charge in [-0.15, -0.1) is 11.3 Å². The molecule has 0 aliphatic carbocycles. The first kappa shape index (κ1) is 18.4. The van der Waals surface area contributed by atoms with Crippen LogP contribution in [0.4, 0.5) is 5.69 Å². The van der Waals surface area contributed by atoms with Gasteiger partial charge < -0.3 is 19.7 Å². The van der Waals surface area contributed by atoms with Crippen molar-refractivity contribution < 1.29 is 14.6 Å². The van der Waals surface area contributed by atoms with Crippen molar-refractivity contribution in [1.29, 1.82) is 0 Å². The predicted octanol–water partition coefficient (Wildman–Crippen LogP) is 5.66. The van der Waals surface area contributed by atoms with Gasteiger partial charge in [-0.2, -0.15) is 0 Å². The Balaban J connectivity index is 1.66. The van der Waals surface area contributed by atoms with Crippen LogP contribution < -0.4 is 10.1 Å². The summed E-state index contributed by atoms with van der Waals surface area (Å²) in [5.74, 6) is -0.276. The minimum absolute atomic E-state index is 0.320. The van der Waals surface area contributed by atoms with Crippen LogP contribution in [-0.4, -0.2) is 22.8 Å². The summed E-state index contributed by atoms with van der Waals surface area (Å²) in [5.41, 5.74) is 3.03. The van der Waals surface area contributed by atoms with Gasteiger partial charge in [0.15, 0.2) is 0 Å². The summed E-state index contributed by atoms with van der Waals surface area (Å²) in [4.78, 5) is 11.5. The minimum Gasteiger partial charge on any atom is -0.495 e. The molecule has 5 nitrogen and oxygen atoms in total. The topological polar surface area (TPSA) is 63.5 Å². The number of halogens is 1. The van der Waals surface area contributed by atoms with Crippen molar-refractivity contribution in [1.82, 2.24) is 4.57 Å². The van der Waals surface area contributed by atoms with Gasteiger partial charge in [-0.1, -0.05) is 29.8 Å². The molecule has 2 heterocycles. The Morgan fingerprint density at radius 1 is 1.21 bits per heavy atom. The predicted molar refractivity (Wildman–Crippen MR) is 113 cm³/mol. The van der Waals surface area contributed by atoms with Gasteiger partial charge in [0.2, 0.25) is 0 Å². The van der Waals surface area contributed by atoms with Crippen molar-refractivity contribution in [2.75, 3.05) is 12.4 Å². The molecule has 0 unspecified atom stereocenters. The van der Waals surface area contributed by atoms with Crippen LogP contribution in [0.3, 0.4) is 0 Å². The molecule has 4 aromatic rings. The number of benzene rings is 2. The lowest BCUT2D eigenvalue weighted by atomic mass is 10.2. The Morgan fingerprint density at radius 3 is 2.75 bits per heavy atom. The molecule has 2 aromatic carbocycles. The second-order valence-electron chi connectivity index (χ2n) is 6.19. The average molecular weight is 413 g/mol. The molecule has 0 saturated carbocycles. The van der Waals surface area contributed by atoms with Gasteiger partial charge in [0.05, 0.1) is 17.6 Å². The van der Waals surface area contributed by atoms with Gasteiger partial charge in [0, 0.05) is 23.8 Å². The number of carboxylic acids is 1. The summed E-state index contributed by atoms with van der Waals surface area (Å²) in [6, 6.07) is 17.1. The summed E-state index contributed by atoms with van der Waals surface area (Å²) < 4.78 is 7.22. The van der Waals surface area contributed by atoms with E-state index < -0.39 is 5.97 Å². The number of carboxylic acid groups (broad SMARTS) is 1. The first-order chi connectivity index (χ1) is 13.6. The highest BCUT2D eigenvalue weighted by Crippen LogP contribution is 2.31. The van der Waals surface area contributed by atoms with Crippen molar-refractivity contribution in [2.45, 2.75) is 6.54 Å². The molecule has 0 saturated heterocycles. The molecular weight excluding hydrogens is 396 g/mol. The zero-order valence-corrected chi connectivity index (χ0v) is 16.6. The normalized spacial score (nSPS) is 10.9. The summed E-state index contributed by atoms with van der Waals surface area (Å²) in [6.07, 6.45) is 2.04.